The van der Waals surface area contributed by atoms with Crippen molar-refractivity contribution in [1.82, 2.24) is 0 Å². The fraction of sp³-hybridized carbons (Fsp3) is 0.278. The van der Waals surface area contributed by atoms with E-state index in [2.05, 4.69) is 0 Å². The van der Waals surface area contributed by atoms with Gasteiger partial charge in [0.25, 0.3) is 0 Å². The minimum Gasteiger partial charge on any atom is -0.481 e. The highest BCUT2D eigenvalue weighted by Crippen LogP contribution is 2.33. The molecule has 0 aliphatic carbocycles. The van der Waals surface area contributed by atoms with Crippen LogP contribution in [0.4, 0.5) is 8.78 Å². The second-order valence-electron chi connectivity index (χ2n) is 5.76. The highest BCUT2D eigenvalue weighted by molar-refractivity contribution is 5.73. The van der Waals surface area contributed by atoms with Gasteiger partial charge in [0.2, 0.25) is 0 Å². The van der Waals surface area contributed by atoms with Gasteiger partial charge in [0.1, 0.15) is 11.6 Å². The summed E-state index contributed by atoms with van der Waals surface area (Å²) in [5.41, 5.74) is 8.93. The number of hydrogen-bond acceptors (Lipinski definition) is 2. The number of aryl methyl sites for hydroxylation is 2. The van der Waals surface area contributed by atoms with Crippen molar-refractivity contribution in [2.45, 2.75) is 33.2 Å². The first-order chi connectivity index (χ1) is 10.7. The molecule has 23 heavy (non-hydrogen) atoms. The summed E-state index contributed by atoms with van der Waals surface area (Å²) in [5, 5.41) is 8.86. The Morgan fingerprint density at radius 3 is 2.43 bits per heavy atom. The van der Waals surface area contributed by atoms with Gasteiger partial charge >= 0.3 is 5.97 Å². The number of hydrogen-bond donors (Lipinski definition) is 2. The number of aliphatic carboxylic acids is 1. The van der Waals surface area contributed by atoms with Gasteiger partial charge in [0.05, 0.1) is 6.42 Å². The molecule has 2 rings (SSSR count). The third kappa shape index (κ3) is 3.40. The van der Waals surface area contributed by atoms with Gasteiger partial charge in [-0.05, 0) is 66.8 Å². The number of carboxylic acid groups (broad SMARTS) is 1. The van der Waals surface area contributed by atoms with Crippen LogP contribution in [0.15, 0.2) is 24.3 Å². The molecule has 122 valence electrons. The van der Waals surface area contributed by atoms with Gasteiger partial charge in [0.15, 0.2) is 0 Å². The monoisotopic (exact) mass is 319 g/mol. The molecule has 3 N–H and O–H groups in total. The number of halogens is 2. The van der Waals surface area contributed by atoms with Crippen LogP contribution in [-0.4, -0.2) is 11.1 Å². The molecule has 0 spiro atoms. The maximum atomic E-state index is 14.3. The van der Waals surface area contributed by atoms with Crippen molar-refractivity contribution in [2.24, 2.45) is 5.73 Å². The van der Waals surface area contributed by atoms with Gasteiger partial charge < -0.3 is 10.8 Å². The lowest BCUT2D eigenvalue weighted by molar-refractivity contribution is -0.137. The standard InChI is InChI=1S/C18H19F2NO2/c1-9-4-5-14(19)11(3)17(9)12-6-10(2)18(20)13(7-12)15(21)8-16(22)23/h4-7,15H,8,21H2,1-3H3,(H,22,23). The normalized spacial score (nSPS) is 12.3. The summed E-state index contributed by atoms with van der Waals surface area (Å²) in [6.07, 6.45) is -0.374. The third-order valence-corrected chi connectivity index (χ3v) is 3.97. The molecule has 2 aromatic rings. The quantitative estimate of drug-likeness (QED) is 0.894. The smallest absolute Gasteiger partial charge is 0.305 e. The van der Waals surface area contributed by atoms with E-state index in [0.717, 1.165) is 5.56 Å². The van der Waals surface area contributed by atoms with Crippen molar-refractivity contribution in [2.75, 3.05) is 0 Å². The molecule has 0 bridgehead atoms. The molecule has 0 saturated carbocycles. The molecule has 0 radical (unpaired) electrons. The second-order valence-corrected chi connectivity index (χ2v) is 5.76. The van der Waals surface area contributed by atoms with Crippen LogP contribution in [0.2, 0.25) is 0 Å². The van der Waals surface area contributed by atoms with Gasteiger partial charge in [-0.3, -0.25) is 4.79 Å². The molecule has 0 amide bonds. The fourth-order valence-electron chi connectivity index (χ4n) is 2.77. The molecule has 1 unspecified atom stereocenters. The molecule has 3 nitrogen and oxygen atoms in total. The molecule has 5 heteroatoms. The first kappa shape index (κ1) is 17.1. The SMILES string of the molecule is Cc1cc(-c2c(C)ccc(F)c2C)cc(C(N)CC(=O)O)c1F. The van der Waals surface area contributed by atoms with Crippen LogP contribution in [0.1, 0.15) is 34.7 Å². The Hall–Kier alpha value is -2.27. The van der Waals surface area contributed by atoms with Crippen molar-refractivity contribution in [1.29, 1.82) is 0 Å². The van der Waals surface area contributed by atoms with Crippen molar-refractivity contribution in [3.8, 4) is 11.1 Å². The summed E-state index contributed by atoms with van der Waals surface area (Å²) in [7, 11) is 0. The second kappa shape index (κ2) is 6.46. The zero-order chi connectivity index (χ0) is 17.3. The first-order valence-electron chi connectivity index (χ1n) is 7.25. The highest BCUT2D eigenvalue weighted by atomic mass is 19.1. The highest BCUT2D eigenvalue weighted by Gasteiger charge is 2.19. The molecular formula is C18H19F2NO2. The average Bonchev–Trinajstić information content (AvgIpc) is 2.46. The van der Waals surface area contributed by atoms with Crippen LogP contribution in [0.25, 0.3) is 11.1 Å². The lowest BCUT2D eigenvalue weighted by Crippen LogP contribution is -2.17. The van der Waals surface area contributed by atoms with Crippen molar-refractivity contribution in [3.05, 3.63) is 58.2 Å². The van der Waals surface area contributed by atoms with Crippen LogP contribution in [-0.2, 0) is 4.79 Å². The van der Waals surface area contributed by atoms with E-state index in [-0.39, 0.29) is 17.8 Å². The van der Waals surface area contributed by atoms with E-state index in [1.165, 1.54) is 12.1 Å². The van der Waals surface area contributed by atoms with E-state index < -0.39 is 17.8 Å². The summed E-state index contributed by atoms with van der Waals surface area (Å²) >= 11 is 0. The largest absolute Gasteiger partial charge is 0.481 e. The fourth-order valence-corrected chi connectivity index (χ4v) is 2.77. The first-order valence-corrected chi connectivity index (χ1v) is 7.25. The van der Waals surface area contributed by atoms with Crippen LogP contribution < -0.4 is 5.73 Å². The molecule has 2 aromatic carbocycles. The number of benzene rings is 2. The molecular weight excluding hydrogens is 300 g/mol. The van der Waals surface area contributed by atoms with E-state index >= 15 is 0 Å². The Bertz CT molecular complexity index is 772. The van der Waals surface area contributed by atoms with Gasteiger partial charge in [-0.15, -0.1) is 0 Å². The van der Waals surface area contributed by atoms with Gasteiger partial charge in [-0.25, -0.2) is 8.78 Å². The molecule has 0 aliphatic rings. The minimum atomic E-state index is -1.10. The molecule has 0 fully saturated rings. The van der Waals surface area contributed by atoms with Crippen molar-refractivity contribution < 1.29 is 18.7 Å². The van der Waals surface area contributed by atoms with Gasteiger partial charge in [-0.1, -0.05) is 6.07 Å². The number of carboxylic acids is 1. The Morgan fingerprint density at radius 1 is 1.17 bits per heavy atom. The summed E-state index contributed by atoms with van der Waals surface area (Å²) in [4.78, 5) is 10.8. The van der Waals surface area contributed by atoms with Crippen LogP contribution in [0.3, 0.4) is 0 Å². The Balaban J connectivity index is 2.64. The Kier molecular flexibility index (Phi) is 4.80. The van der Waals surface area contributed by atoms with Crippen molar-refractivity contribution in [3.63, 3.8) is 0 Å². The number of rotatable bonds is 4. The number of nitrogens with two attached hydrogens (primary N) is 1. The molecule has 0 aromatic heterocycles. The number of carbonyl (C=O) groups is 1. The summed E-state index contributed by atoms with van der Waals surface area (Å²) < 4.78 is 28.2. The molecule has 1 atom stereocenters. The summed E-state index contributed by atoms with van der Waals surface area (Å²) in [6, 6.07) is 5.24. The predicted octanol–water partition coefficient (Wildman–Crippen LogP) is 4.03. The summed E-state index contributed by atoms with van der Waals surface area (Å²) in [5.74, 6) is -1.96. The van der Waals surface area contributed by atoms with E-state index in [1.54, 1.807) is 26.0 Å². The third-order valence-electron chi connectivity index (χ3n) is 3.97. The lowest BCUT2D eigenvalue weighted by atomic mass is 9.90. The van der Waals surface area contributed by atoms with E-state index in [1.807, 2.05) is 6.92 Å². The van der Waals surface area contributed by atoms with Crippen LogP contribution in [0.5, 0.6) is 0 Å². The van der Waals surface area contributed by atoms with Gasteiger partial charge in [0, 0.05) is 11.6 Å². The minimum absolute atomic E-state index is 0.130. The van der Waals surface area contributed by atoms with Crippen LogP contribution >= 0.6 is 0 Å². The molecule has 0 heterocycles. The predicted molar refractivity (Wildman–Crippen MR) is 85.2 cm³/mol. The maximum Gasteiger partial charge on any atom is 0.305 e. The van der Waals surface area contributed by atoms with E-state index in [9.17, 15) is 13.6 Å². The van der Waals surface area contributed by atoms with E-state index in [4.69, 9.17) is 10.8 Å². The topological polar surface area (TPSA) is 63.3 Å². The lowest BCUT2D eigenvalue weighted by Gasteiger charge is -2.17. The van der Waals surface area contributed by atoms with Crippen molar-refractivity contribution >= 4 is 5.97 Å². The zero-order valence-electron chi connectivity index (χ0n) is 13.3. The molecule has 0 aliphatic heterocycles. The van der Waals surface area contributed by atoms with E-state index in [0.29, 0.717) is 22.3 Å². The molecule has 0 saturated heterocycles. The average molecular weight is 319 g/mol. The van der Waals surface area contributed by atoms with Gasteiger partial charge in [-0.2, -0.15) is 0 Å². The Morgan fingerprint density at radius 2 is 1.83 bits per heavy atom. The zero-order valence-corrected chi connectivity index (χ0v) is 13.3. The maximum absolute atomic E-state index is 14.3. The Labute approximate surface area is 133 Å². The van der Waals surface area contributed by atoms with Crippen LogP contribution in [0, 0.1) is 32.4 Å². The summed E-state index contributed by atoms with van der Waals surface area (Å²) in [6.45, 7) is 5.09.